The van der Waals surface area contributed by atoms with Crippen molar-refractivity contribution >= 4 is 39.0 Å². The highest BCUT2D eigenvalue weighted by Crippen LogP contribution is 2.17. The van der Waals surface area contributed by atoms with Crippen molar-refractivity contribution in [3.63, 3.8) is 0 Å². The summed E-state index contributed by atoms with van der Waals surface area (Å²) in [6, 6.07) is 1.75. The van der Waals surface area contributed by atoms with E-state index in [0.717, 1.165) is 15.9 Å². The second-order valence-corrected chi connectivity index (χ2v) is 5.63. The Bertz CT molecular complexity index is 559. The van der Waals surface area contributed by atoms with Crippen LogP contribution in [0.5, 0.6) is 0 Å². The van der Waals surface area contributed by atoms with E-state index in [-0.39, 0.29) is 5.91 Å². The fourth-order valence-electron chi connectivity index (χ4n) is 1.57. The van der Waals surface area contributed by atoms with Crippen LogP contribution in [0.3, 0.4) is 0 Å². The predicted molar refractivity (Wildman–Crippen MR) is 79.6 cm³/mol. The lowest BCUT2D eigenvalue weighted by Crippen LogP contribution is -2.26. The Labute approximate surface area is 123 Å². The highest BCUT2D eigenvalue weighted by atomic mass is 79.9. The molecule has 1 amide bonds. The monoisotopic (exact) mass is 340 g/mol. The van der Waals surface area contributed by atoms with Crippen molar-refractivity contribution in [3.05, 3.63) is 38.9 Å². The molecule has 100 valence electrons. The molecule has 0 aliphatic rings. The van der Waals surface area contributed by atoms with E-state index in [9.17, 15) is 4.79 Å². The van der Waals surface area contributed by atoms with Crippen LogP contribution in [0.4, 0.5) is 5.82 Å². The van der Waals surface area contributed by atoms with Gasteiger partial charge in [0.15, 0.2) is 0 Å². The number of nitrogens with one attached hydrogen (secondary N) is 2. The molecule has 0 fully saturated rings. The molecule has 2 aromatic rings. The van der Waals surface area contributed by atoms with Crippen LogP contribution in [0.1, 0.15) is 15.4 Å². The molecule has 0 aliphatic carbocycles. The van der Waals surface area contributed by atoms with E-state index in [2.05, 4.69) is 36.5 Å². The zero-order valence-corrected chi connectivity index (χ0v) is 12.7. The normalized spacial score (nSPS) is 10.2. The van der Waals surface area contributed by atoms with E-state index in [1.54, 1.807) is 36.8 Å². The van der Waals surface area contributed by atoms with Gasteiger partial charge in [-0.1, -0.05) is 0 Å². The molecule has 0 spiro atoms. The zero-order chi connectivity index (χ0) is 13.7. The van der Waals surface area contributed by atoms with Gasteiger partial charge in [0.2, 0.25) is 0 Å². The molecule has 0 unspecified atom stereocenters. The third-order valence-electron chi connectivity index (χ3n) is 2.44. The number of carbonyl (C=O) groups excluding carboxylic acids is 1. The SMILES string of the molecule is CNc1ncc(Br)cc1C(=O)NCCc1nccs1. The predicted octanol–water partition coefficient (Wildman–Crippen LogP) is 2.31. The molecule has 0 atom stereocenters. The summed E-state index contributed by atoms with van der Waals surface area (Å²) >= 11 is 4.90. The maximum Gasteiger partial charge on any atom is 0.255 e. The van der Waals surface area contributed by atoms with E-state index in [1.807, 2.05) is 5.38 Å². The molecule has 0 saturated heterocycles. The zero-order valence-electron chi connectivity index (χ0n) is 10.3. The van der Waals surface area contributed by atoms with E-state index in [0.29, 0.717) is 17.9 Å². The number of pyridine rings is 1. The quantitative estimate of drug-likeness (QED) is 0.876. The Morgan fingerprint density at radius 1 is 1.47 bits per heavy atom. The van der Waals surface area contributed by atoms with Gasteiger partial charge < -0.3 is 10.6 Å². The van der Waals surface area contributed by atoms with Crippen LogP contribution in [0.2, 0.25) is 0 Å². The number of hydrogen-bond acceptors (Lipinski definition) is 5. The number of aromatic nitrogens is 2. The number of halogens is 1. The summed E-state index contributed by atoms with van der Waals surface area (Å²) in [5.41, 5.74) is 0.524. The van der Waals surface area contributed by atoms with Gasteiger partial charge in [0, 0.05) is 42.3 Å². The van der Waals surface area contributed by atoms with Crippen LogP contribution in [0.15, 0.2) is 28.3 Å². The molecule has 19 heavy (non-hydrogen) atoms. The molecule has 0 bridgehead atoms. The van der Waals surface area contributed by atoms with E-state index in [1.165, 1.54) is 0 Å². The molecule has 0 radical (unpaired) electrons. The van der Waals surface area contributed by atoms with Crippen molar-refractivity contribution in [2.24, 2.45) is 0 Å². The lowest BCUT2D eigenvalue weighted by atomic mass is 10.2. The Kier molecular flexibility index (Phi) is 4.86. The van der Waals surface area contributed by atoms with Gasteiger partial charge in [-0.05, 0) is 22.0 Å². The first kappa shape index (κ1) is 14.0. The largest absolute Gasteiger partial charge is 0.372 e. The molecule has 5 nitrogen and oxygen atoms in total. The van der Waals surface area contributed by atoms with Crippen molar-refractivity contribution in [1.82, 2.24) is 15.3 Å². The molecular weight excluding hydrogens is 328 g/mol. The van der Waals surface area contributed by atoms with Crippen LogP contribution in [-0.2, 0) is 6.42 Å². The lowest BCUT2D eigenvalue weighted by molar-refractivity contribution is 0.0954. The van der Waals surface area contributed by atoms with Gasteiger partial charge >= 0.3 is 0 Å². The van der Waals surface area contributed by atoms with Gasteiger partial charge in [0.05, 0.1) is 10.6 Å². The van der Waals surface area contributed by atoms with Crippen LogP contribution < -0.4 is 10.6 Å². The van der Waals surface area contributed by atoms with Crippen LogP contribution >= 0.6 is 27.3 Å². The van der Waals surface area contributed by atoms with Gasteiger partial charge in [0.1, 0.15) is 5.82 Å². The molecule has 0 aromatic carbocycles. The van der Waals surface area contributed by atoms with Gasteiger partial charge in [-0.15, -0.1) is 11.3 Å². The summed E-state index contributed by atoms with van der Waals surface area (Å²) in [7, 11) is 1.74. The maximum atomic E-state index is 12.1. The first-order valence-corrected chi connectivity index (χ1v) is 7.38. The summed E-state index contributed by atoms with van der Waals surface area (Å²) in [6.45, 7) is 0.558. The molecule has 0 saturated carbocycles. The van der Waals surface area contributed by atoms with E-state index >= 15 is 0 Å². The highest BCUT2D eigenvalue weighted by Gasteiger charge is 2.12. The third kappa shape index (κ3) is 3.74. The first-order chi connectivity index (χ1) is 9.20. The fourth-order valence-corrected chi connectivity index (χ4v) is 2.52. The fraction of sp³-hybridized carbons (Fsp3) is 0.250. The summed E-state index contributed by atoms with van der Waals surface area (Å²) in [4.78, 5) is 20.4. The molecule has 2 heterocycles. The summed E-state index contributed by atoms with van der Waals surface area (Å²) in [5.74, 6) is 0.421. The smallest absolute Gasteiger partial charge is 0.255 e. The summed E-state index contributed by atoms with van der Waals surface area (Å²) < 4.78 is 0.775. The third-order valence-corrected chi connectivity index (χ3v) is 3.72. The first-order valence-electron chi connectivity index (χ1n) is 5.70. The highest BCUT2D eigenvalue weighted by molar-refractivity contribution is 9.10. The number of anilines is 1. The van der Waals surface area contributed by atoms with Crippen molar-refractivity contribution in [3.8, 4) is 0 Å². The Hall–Kier alpha value is -1.47. The molecule has 7 heteroatoms. The molecule has 2 N–H and O–H groups in total. The average Bonchev–Trinajstić information content (AvgIpc) is 2.91. The van der Waals surface area contributed by atoms with Gasteiger partial charge in [-0.3, -0.25) is 4.79 Å². The van der Waals surface area contributed by atoms with Crippen molar-refractivity contribution in [2.75, 3.05) is 18.9 Å². The van der Waals surface area contributed by atoms with E-state index in [4.69, 9.17) is 0 Å². The second kappa shape index (κ2) is 6.63. The van der Waals surface area contributed by atoms with E-state index < -0.39 is 0 Å². The van der Waals surface area contributed by atoms with Crippen molar-refractivity contribution in [2.45, 2.75) is 6.42 Å². The number of thiazole rings is 1. The number of hydrogen-bond donors (Lipinski definition) is 2. The number of nitrogens with zero attached hydrogens (tertiary/aromatic N) is 2. The second-order valence-electron chi connectivity index (χ2n) is 3.73. The van der Waals surface area contributed by atoms with Crippen LogP contribution in [0.25, 0.3) is 0 Å². The van der Waals surface area contributed by atoms with Gasteiger partial charge in [-0.2, -0.15) is 0 Å². The van der Waals surface area contributed by atoms with Gasteiger partial charge in [-0.25, -0.2) is 9.97 Å². The Morgan fingerprint density at radius 2 is 2.32 bits per heavy atom. The van der Waals surface area contributed by atoms with Crippen LogP contribution in [0, 0.1) is 0 Å². The minimum Gasteiger partial charge on any atom is -0.372 e. The van der Waals surface area contributed by atoms with Crippen molar-refractivity contribution < 1.29 is 4.79 Å². The molecular formula is C12H13BrN4OS. The Balaban J connectivity index is 1.97. The van der Waals surface area contributed by atoms with Crippen molar-refractivity contribution in [1.29, 1.82) is 0 Å². The molecule has 2 aromatic heterocycles. The standard InChI is InChI=1S/C12H13BrN4OS/c1-14-11-9(6-8(13)7-17-11)12(18)16-3-2-10-15-4-5-19-10/h4-7H,2-3H2,1H3,(H,14,17)(H,16,18). The minimum absolute atomic E-state index is 0.144. The lowest BCUT2D eigenvalue weighted by Gasteiger charge is -2.08. The summed E-state index contributed by atoms with van der Waals surface area (Å²) in [5, 5.41) is 8.71. The topological polar surface area (TPSA) is 66.9 Å². The molecule has 2 rings (SSSR count). The molecule has 0 aliphatic heterocycles. The number of amides is 1. The minimum atomic E-state index is -0.144. The maximum absolute atomic E-state index is 12.1. The number of carbonyl (C=O) groups is 1. The summed E-state index contributed by atoms with van der Waals surface area (Å²) in [6.07, 6.45) is 4.15. The van der Waals surface area contributed by atoms with Gasteiger partial charge in [0.25, 0.3) is 5.91 Å². The average molecular weight is 341 g/mol. The van der Waals surface area contributed by atoms with Crippen LogP contribution in [-0.4, -0.2) is 29.5 Å². The Morgan fingerprint density at radius 3 is 3.00 bits per heavy atom. The number of rotatable bonds is 5.